The second-order valence-electron chi connectivity index (χ2n) is 8.00. The quantitative estimate of drug-likeness (QED) is 0.229. The van der Waals surface area contributed by atoms with Gasteiger partial charge in [0.1, 0.15) is 6.10 Å². The third-order valence-corrected chi connectivity index (χ3v) is 5.32. The number of non-ortho nitro benzene ring substituents is 1. The Bertz CT molecular complexity index is 1180. The molecule has 2 N–H and O–H groups in total. The highest BCUT2D eigenvalue weighted by Crippen LogP contribution is 2.22. The lowest BCUT2D eigenvalue weighted by Gasteiger charge is -2.21. The smallest absolute Gasteiger partial charge is 0.338 e. The highest BCUT2D eigenvalue weighted by molar-refractivity contribution is 5.94. The summed E-state index contributed by atoms with van der Waals surface area (Å²) in [6, 6.07) is 13.2. The molecule has 0 spiro atoms. The molecule has 8 heteroatoms. The largest absolute Gasteiger partial charge is 0.458 e. The Morgan fingerprint density at radius 3 is 2.80 bits per heavy atom. The number of nitrogens with one attached hydrogen (secondary N) is 1. The highest BCUT2D eigenvalue weighted by Gasteiger charge is 2.22. The number of nitro groups is 1. The standard InChI is InChI=1S/C27H26N2O6/c30-23-11-6-2-5-10-21-18-22(29(33)34)14-15-25(21)27(32)35-24(19-23)12-7-17-28-26(31)16-13-20-8-3-1-4-9-20/h1-5,7-9,14-15,17-18,23-24,30H,6,10-12,19H2,(H,28,31)/b5-2+,17-7+/t23-,24-/m0/s1. The molecule has 0 fully saturated rings. The van der Waals surface area contributed by atoms with Crippen molar-refractivity contribution in [1.82, 2.24) is 5.32 Å². The van der Waals surface area contributed by atoms with Crippen molar-refractivity contribution < 1.29 is 24.4 Å². The van der Waals surface area contributed by atoms with Gasteiger partial charge in [-0.2, -0.15) is 0 Å². The van der Waals surface area contributed by atoms with Crippen molar-refractivity contribution in [2.24, 2.45) is 0 Å². The summed E-state index contributed by atoms with van der Waals surface area (Å²) in [6.07, 6.45) is 7.38. The van der Waals surface area contributed by atoms with Crippen molar-refractivity contribution in [3.05, 3.63) is 99.8 Å². The van der Waals surface area contributed by atoms with Gasteiger partial charge in [-0.1, -0.05) is 42.3 Å². The molecule has 0 unspecified atom stereocenters. The molecule has 1 amide bonds. The van der Waals surface area contributed by atoms with Crippen molar-refractivity contribution >= 4 is 17.6 Å². The van der Waals surface area contributed by atoms with E-state index in [4.69, 9.17) is 4.74 Å². The number of benzene rings is 2. The summed E-state index contributed by atoms with van der Waals surface area (Å²) in [5, 5.41) is 24.0. The van der Waals surface area contributed by atoms with Gasteiger partial charge in [-0.05, 0) is 43.0 Å². The molecular weight excluding hydrogens is 448 g/mol. The van der Waals surface area contributed by atoms with Crippen LogP contribution in [-0.4, -0.2) is 34.1 Å². The Labute approximate surface area is 203 Å². The molecule has 2 atom stereocenters. The normalized spacial score (nSPS) is 19.2. The summed E-state index contributed by atoms with van der Waals surface area (Å²) in [7, 11) is 0. The number of carbonyl (C=O) groups is 2. The summed E-state index contributed by atoms with van der Waals surface area (Å²) in [6.45, 7) is 0. The van der Waals surface area contributed by atoms with Crippen LogP contribution in [0.15, 0.2) is 73.0 Å². The number of hydrogen-bond acceptors (Lipinski definition) is 6. The van der Waals surface area contributed by atoms with Crippen LogP contribution in [0.25, 0.3) is 0 Å². The summed E-state index contributed by atoms with van der Waals surface area (Å²) in [5.74, 6) is 4.15. The van der Waals surface area contributed by atoms with Crippen LogP contribution in [0, 0.1) is 22.0 Å². The molecule has 0 bridgehead atoms. The molecule has 1 heterocycles. The third kappa shape index (κ3) is 8.25. The number of aliphatic hydroxyl groups is 1. The Morgan fingerprint density at radius 1 is 1.23 bits per heavy atom. The van der Waals surface area contributed by atoms with E-state index in [0.29, 0.717) is 24.8 Å². The number of nitro benzene ring substituents is 1. The number of fused-ring (bicyclic) bond motifs is 1. The van der Waals surface area contributed by atoms with Gasteiger partial charge in [-0.3, -0.25) is 14.9 Å². The second kappa shape index (κ2) is 12.9. The number of ether oxygens (including phenoxy) is 1. The van der Waals surface area contributed by atoms with E-state index in [0.717, 1.165) is 5.56 Å². The van der Waals surface area contributed by atoms with Crippen LogP contribution in [0.3, 0.4) is 0 Å². The van der Waals surface area contributed by atoms with Crippen LogP contribution < -0.4 is 5.32 Å². The van der Waals surface area contributed by atoms with E-state index in [1.165, 1.54) is 24.4 Å². The molecule has 1 aliphatic rings. The summed E-state index contributed by atoms with van der Waals surface area (Å²) >= 11 is 0. The molecule has 0 aromatic heterocycles. The molecule has 2 aromatic rings. The first-order chi connectivity index (χ1) is 16.9. The van der Waals surface area contributed by atoms with E-state index in [1.807, 2.05) is 30.4 Å². The van der Waals surface area contributed by atoms with E-state index in [-0.39, 0.29) is 24.1 Å². The van der Waals surface area contributed by atoms with Crippen LogP contribution in [0.4, 0.5) is 5.69 Å². The number of cyclic esters (lactones) is 1. The van der Waals surface area contributed by atoms with Gasteiger partial charge in [0, 0.05) is 42.7 Å². The number of allylic oxidation sites excluding steroid dienone is 2. The zero-order valence-electron chi connectivity index (χ0n) is 19.1. The van der Waals surface area contributed by atoms with Crippen molar-refractivity contribution in [2.45, 2.75) is 44.3 Å². The summed E-state index contributed by atoms with van der Waals surface area (Å²) in [5.41, 5.74) is 1.37. The first-order valence-electron chi connectivity index (χ1n) is 11.3. The van der Waals surface area contributed by atoms with E-state index >= 15 is 0 Å². The zero-order valence-corrected chi connectivity index (χ0v) is 19.1. The number of amides is 1. The molecule has 2 aromatic carbocycles. The summed E-state index contributed by atoms with van der Waals surface area (Å²) < 4.78 is 5.65. The lowest BCUT2D eigenvalue weighted by Crippen LogP contribution is -2.25. The van der Waals surface area contributed by atoms with Gasteiger partial charge < -0.3 is 15.2 Å². The van der Waals surface area contributed by atoms with Gasteiger partial charge in [0.25, 0.3) is 11.6 Å². The Morgan fingerprint density at radius 2 is 2.03 bits per heavy atom. The fourth-order valence-electron chi connectivity index (χ4n) is 3.55. The predicted molar refractivity (Wildman–Crippen MR) is 130 cm³/mol. The van der Waals surface area contributed by atoms with Gasteiger partial charge >= 0.3 is 5.97 Å². The van der Waals surface area contributed by atoms with E-state index in [2.05, 4.69) is 17.2 Å². The van der Waals surface area contributed by atoms with Gasteiger partial charge in [0.2, 0.25) is 0 Å². The number of esters is 1. The van der Waals surface area contributed by atoms with Crippen LogP contribution in [0.1, 0.15) is 47.2 Å². The van der Waals surface area contributed by atoms with E-state index in [9.17, 15) is 24.8 Å². The van der Waals surface area contributed by atoms with Gasteiger partial charge in [0.05, 0.1) is 16.6 Å². The lowest BCUT2D eigenvalue weighted by molar-refractivity contribution is -0.384. The molecule has 8 nitrogen and oxygen atoms in total. The monoisotopic (exact) mass is 474 g/mol. The van der Waals surface area contributed by atoms with Crippen molar-refractivity contribution in [3.8, 4) is 11.8 Å². The number of carbonyl (C=O) groups excluding carboxylic acids is 2. The van der Waals surface area contributed by atoms with Gasteiger partial charge in [-0.25, -0.2) is 4.79 Å². The molecule has 3 rings (SSSR count). The second-order valence-corrected chi connectivity index (χ2v) is 8.00. The number of hydrogen-bond donors (Lipinski definition) is 2. The van der Waals surface area contributed by atoms with Crippen molar-refractivity contribution in [3.63, 3.8) is 0 Å². The van der Waals surface area contributed by atoms with Crippen LogP contribution in [-0.2, 0) is 16.0 Å². The average molecular weight is 475 g/mol. The fraction of sp³-hybridized carbons (Fsp3) is 0.259. The maximum atomic E-state index is 12.9. The Hall–Kier alpha value is -4.22. The minimum Gasteiger partial charge on any atom is -0.458 e. The Balaban J connectivity index is 1.67. The molecule has 0 saturated carbocycles. The number of nitrogens with zero attached hydrogens (tertiary/aromatic N) is 1. The molecule has 35 heavy (non-hydrogen) atoms. The maximum Gasteiger partial charge on any atom is 0.338 e. The first-order valence-corrected chi connectivity index (χ1v) is 11.3. The molecule has 0 radical (unpaired) electrons. The van der Waals surface area contributed by atoms with Gasteiger partial charge in [-0.15, -0.1) is 0 Å². The first kappa shape index (κ1) is 25.4. The predicted octanol–water partition coefficient (Wildman–Crippen LogP) is 3.84. The molecular formula is C27H26N2O6. The number of aliphatic hydroxyl groups excluding tert-OH is 1. The van der Waals surface area contributed by atoms with Gasteiger partial charge in [0.15, 0.2) is 0 Å². The zero-order chi connectivity index (χ0) is 25.0. The maximum absolute atomic E-state index is 12.9. The molecule has 0 aliphatic carbocycles. The highest BCUT2D eigenvalue weighted by atomic mass is 16.6. The fourth-order valence-corrected chi connectivity index (χ4v) is 3.55. The minimum atomic E-state index is -0.673. The van der Waals surface area contributed by atoms with Crippen molar-refractivity contribution in [2.75, 3.05) is 0 Å². The van der Waals surface area contributed by atoms with E-state index in [1.54, 1.807) is 18.2 Å². The number of rotatable bonds is 4. The van der Waals surface area contributed by atoms with Crippen LogP contribution in [0.2, 0.25) is 0 Å². The lowest BCUT2D eigenvalue weighted by atomic mass is 10.0. The molecule has 0 saturated heterocycles. The average Bonchev–Trinajstić information content (AvgIpc) is 2.84. The van der Waals surface area contributed by atoms with Crippen LogP contribution >= 0.6 is 0 Å². The molecule has 180 valence electrons. The summed E-state index contributed by atoms with van der Waals surface area (Å²) in [4.78, 5) is 35.4. The van der Waals surface area contributed by atoms with Crippen molar-refractivity contribution in [1.29, 1.82) is 0 Å². The topological polar surface area (TPSA) is 119 Å². The van der Waals surface area contributed by atoms with Crippen LogP contribution in [0.5, 0.6) is 0 Å². The van der Waals surface area contributed by atoms with E-state index < -0.39 is 29.0 Å². The Kier molecular flexibility index (Phi) is 9.34. The third-order valence-electron chi connectivity index (χ3n) is 5.32. The molecule has 1 aliphatic heterocycles. The SMILES string of the molecule is O=C(C#Cc1ccccc1)N/C=C/C[C@H]1C[C@@H](O)CC/C=C/Cc2cc([N+](=O)[O-])ccc2C(=O)O1. The minimum absolute atomic E-state index is 0.0990.